The van der Waals surface area contributed by atoms with Gasteiger partial charge in [0, 0.05) is 23.1 Å². The van der Waals surface area contributed by atoms with Crippen LogP contribution >= 0.6 is 0 Å². The molecular formula is C20H22O4. The Morgan fingerprint density at radius 1 is 1.08 bits per heavy atom. The summed E-state index contributed by atoms with van der Waals surface area (Å²) in [5.41, 5.74) is 2.90. The molecule has 0 aromatic heterocycles. The van der Waals surface area contributed by atoms with E-state index in [1.165, 1.54) is 0 Å². The van der Waals surface area contributed by atoms with Crippen molar-refractivity contribution in [3.63, 3.8) is 0 Å². The molecule has 0 fully saturated rings. The van der Waals surface area contributed by atoms with E-state index in [0.29, 0.717) is 11.5 Å². The van der Waals surface area contributed by atoms with Gasteiger partial charge in [-0.2, -0.15) is 0 Å². The Hall–Kier alpha value is -2.62. The highest BCUT2D eigenvalue weighted by molar-refractivity contribution is 5.62. The Bertz CT molecular complexity index is 779. The average molecular weight is 326 g/mol. The van der Waals surface area contributed by atoms with Gasteiger partial charge in [0.2, 0.25) is 0 Å². The summed E-state index contributed by atoms with van der Waals surface area (Å²) in [6.45, 7) is 4.08. The van der Waals surface area contributed by atoms with Crippen LogP contribution in [0.25, 0.3) is 6.08 Å². The fraction of sp³-hybridized carbons (Fsp3) is 0.300. The van der Waals surface area contributed by atoms with Gasteiger partial charge in [0.05, 0.1) is 14.2 Å². The predicted octanol–water partition coefficient (Wildman–Crippen LogP) is 4.68. The largest absolute Gasteiger partial charge is 0.507 e. The van der Waals surface area contributed by atoms with Gasteiger partial charge in [-0.3, -0.25) is 0 Å². The molecule has 1 aliphatic heterocycles. The van der Waals surface area contributed by atoms with E-state index >= 15 is 0 Å². The van der Waals surface area contributed by atoms with Crippen LogP contribution in [0.15, 0.2) is 36.4 Å². The zero-order valence-corrected chi connectivity index (χ0v) is 14.4. The first-order valence-electron chi connectivity index (χ1n) is 7.97. The lowest BCUT2D eigenvalue weighted by Gasteiger charge is -2.17. The van der Waals surface area contributed by atoms with Gasteiger partial charge < -0.3 is 19.3 Å². The molecule has 3 rings (SSSR count). The van der Waals surface area contributed by atoms with Gasteiger partial charge in [0.15, 0.2) is 11.5 Å². The first-order valence-corrected chi connectivity index (χ1v) is 7.97. The molecular weight excluding hydrogens is 304 g/mol. The van der Waals surface area contributed by atoms with Crippen LogP contribution in [0.3, 0.4) is 0 Å². The van der Waals surface area contributed by atoms with E-state index in [1.54, 1.807) is 20.3 Å². The summed E-state index contributed by atoms with van der Waals surface area (Å²) < 4.78 is 16.8. The molecule has 0 amide bonds. The lowest BCUT2D eigenvalue weighted by molar-refractivity contribution is 0.203. The molecule has 4 nitrogen and oxygen atoms in total. The third kappa shape index (κ3) is 2.68. The Morgan fingerprint density at radius 3 is 2.50 bits per heavy atom. The van der Waals surface area contributed by atoms with Gasteiger partial charge in [-0.05, 0) is 36.8 Å². The van der Waals surface area contributed by atoms with Crippen LogP contribution < -0.4 is 14.2 Å². The van der Waals surface area contributed by atoms with Gasteiger partial charge in [-0.1, -0.05) is 19.1 Å². The van der Waals surface area contributed by atoms with Gasteiger partial charge in [0.1, 0.15) is 17.6 Å². The number of hydrogen-bond acceptors (Lipinski definition) is 4. The Kier molecular flexibility index (Phi) is 4.38. The fourth-order valence-electron chi connectivity index (χ4n) is 3.17. The minimum absolute atomic E-state index is 0.0957. The summed E-state index contributed by atoms with van der Waals surface area (Å²) in [4.78, 5) is 0. The maximum Gasteiger partial charge on any atom is 0.165 e. The van der Waals surface area contributed by atoms with Crippen molar-refractivity contribution in [3.05, 3.63) is 53.1 Å². The average Bonchev–Trinajstić information content (AvgIpc) is 2.91. The molecule has 1 N–H and O–H groups in total. The van der Waals surface area contributed by atoms with Crippen LogP contribution in [-0.2, 0) is 0 Å². The molecule has 24 heavy (non-hydrogen) atoms. The van der Waals surface area contributed by atoms with Crippen LogP contribution in [0.5, 0.6) is 23.0 Å². The summed E-state index contributed by atoms with van der Waals surface area (Å²) in [5.74, 6) is 2.35. The fourth-order valence-corrected chi connectivity index (χ4v) is 3.17. The molecule has 1 aliphatic rings. The first-order chi connectivity index (χ1) is 11.6. The number of methoxy groups -OCH3 is 2. The molecule has 2 unspecified atom stereocenters. The smallest absolute Gasteiger partial charge is 0.165 e. The van der Waals surface area contributed by atoms with Gasteiger partial charge in [-0.15, -0.1) is 0 Å². The first kappa shape index (κ1) is 16.2. The second-order valence-electron chi connectivity index (χ2n) is 5.89. The lowest BCUT2D eigenvalue weighted by atomic mass is 9.91. The number of hydrogen-bond donors (Lipinski definition) is 1. The van der Waals surface area contributed by atoms with E-state index in [9.17, 15) is 5.11 Å². The highest BCUT2D eigenvalue weighted by Crippen LogP contribution is 2.52. The molecule has 0 bridgehead atoms. The van der Waals surface area contributed by atoms with Gasteiger partial charge >= 0.3 is 0 Å². The van der Waals surface area contributed by atoms with E-state index in [1.807, 2.05) is 37.3 Å². The molecule has 2 atom stereocenters. The lowest BCUT2D eigenvalue weighted by Crippen LogP contribution is -2.07. The van der Waals surface area contributed by atoms with E-state index in [-0.39, 0.29) is 17.8 Å². The SMILES string of the molecule is C/C=C/c1cc(OC)c2c(c1)C(C)C(c1ccc(OC)cc1O)O2. The number of fused-ring (bicyclic) bond motifs is 1. The van der Waals surface area contributed by atoms with Crippen LogP contribution in [-0.4, -0.2) is 19.3 Å². The number of phenols is 1. The zero-order chi connectivity index (χ0) is 17.3. The van der Waals surface area contributed by atoms with Gasteiger partial charge in [0.25, 0.3) is 0 Å². The van der Waals surface area contributed by atoms with Crippen molar-refractivity contribution in [1.29, 1.82) is 0 Å². The summed E-state index contributed by atoms with van der Waals surface area (Å²) in [6.07, 6.45) is 3.77. The van der Waals surface area contributed by atoms with Crippen molar-refractivity contribution < 1.29 is 19.3 Å². The number of ether oxygens (including phenoxy) is 3. The number of allylic oxidation sites excluding steroid dienone is 1. The van der Waals surface area contributed by atoms with E-state index in [4.69, 9.17) is 14.2 Å². The van der Waals surface area contributed by atoms with E-state index in [0.717, 1.165) is 22.4 Å². The number of aromatic hydroxyl groups is 1. The standard InChI is InChI=1S/C20H22O4/c1-5-6-13-9-16-12(2)19(24-20(16)18(10-13)23-4)15-8-7-14(22-3)11-17(15)21/h5-12,19,21H,1-4H3/b6-5+. The highest BCUT2D eigenvalue weighted by Gasteiger charge is 2.36. The van der Waals surface area contributed by atoms with Crippen molar-refractivity contribution in [3.8, 4) is 23.0 Å². The molecule has 0 spiro atoms. The minimum atomic E-state index is -0.263. The summed E-state index contributed by atoms with van der Waals surface area (Å²) >= 11 is 0. The molecule has 0 radical (unpaired) electrons. The molecule has 0 saturated heterocycles. The number of benzene rings is 2. The summed E-state index contributed by atoms with van der Waals surface area (Å²) in [5, 5.41) is 10.3. The van der Waals surface area contributed by atoms with Crippen LogP contribution in [0.2, 0.25) is 0 Å². The van der Waals surface area contributed by atoms with Crippen molar-refractivity contribution in [1.82, 2.24) is 0 Å². The monoisotopic (exact) mass is 326 g/mol. The number of rotatable bonds is 4. The van der Waals surface area contributed by atoms with Crippen LogP contribution in [0.4, 0.5) is 0 Å². The maximum absolute atomic E-state index is 10.3. The van der Waals surface area contributed by atoms with Crippen molar-refractivity contribution >= 4 is 6.08 Å². The Labute approximate surface area is 142 Å². The molecule has 2 aromatic carbocycles. The van der Waals surface area contributed by atoms with Crippen LogP contribution in [0.1, 0.15) is 42.6 Å². The second-order valence-corrected chi connectivity index (χ2v) is 5.89. The third-order valence-electron chi connectivity index (χ3n) is 4.42. The second kappa shape index (κ2) is 6.48. The predicted molar refractivity (Wildman–Crippen MR) is 94.1 cm³/mol. The molecule has 4 heteroatoms. The van der Waals surface area contributed by atoms with Crippen LogP contribution in [0, 0.1) is 0 Å². The Balaban J connectivity index is 2.03. The number of phenolic OH excluding ortho intramolecular Hbond substituents is 1. The molecule has 1 heterocycles. The third-order valence-corrected chi connectivity index (χ3v) is 4.42. The molecule has 0 aliphatic carbocycles. The Morgan fingerprint density at radius 2 is 1.88 bits per heavy atom. The molecule has 2 aromatic rings. The van der Waals surface area contributed by atoms with Gasteiger partial charge in [-0.25, -0.2) is 0 Å². The van der Waals surface area contributed by atoms with E-state index < -0.39 is 0 Å². The molecule has 0 saturated carbocycles. The maximum atomic E-state index is 10.3. The summed E-state index contributed by atoms with van der Waals surface area (Å²) in [7, 11) is 3.22. The van der Waals surface area contributed by atoms with E-state index in [2.05, 4.69) is 13.0 Å². The van der Waals surface area contributed by atoms with Crippen molar-refractivity contribution in [2.24, 2.45) is 0 Å². The molecule has 126 valence electrons. The summed E-state index contributed by atoms with van der Waals surface area (Å²) in [6, 6.07) is 9.36. The zero-order valence-electron chi connectivity index (χ0n) is 14.4. The normalized spacial score (nSPS) is 19.2. The quantitative estimate of drug-likeness (QED) is 0.886. The van der Waals surface area contributed by atoms with Crippen molar-refractivity contribution in [2.45, 2.75) is 25.9 Å². The highest BCUT2D eigenvalue weighted by atomic mass is 16.5. The minimum Gasteiger partial charge on any atom is -0.507 e. The van der Waals surface area contributed by atoms with Crippen molar-refractivity contribution in [2.75, 3.05) is 14.2 Å². The topological polar surface area (TPSA) is 47.9 Å².